The zero-order chi connectivity index (χ0) is 15.4. The van der Waals surface area contributed by atoms with E-state index in [4.69, 9.17) is 10.2 Å². The molecule has 0 amide bonds. The average Bonchev–Trinajstić information content (AvgIpc) is 2.81. The van der Waals surface area contributed by atoms with Crippen molar-refractivity contribution in [3.05, 3.63) is 35.6 Å². The third kappa shape index (κ3) is 3.64. The molecule has 1 atom stereocenters. The van der Waals surface area contributed by atoms with E-state index >= 15 is 0 Å². The summed E-state index contributed by atoms with van der Waals surface area (Å²) in [6.07, 6.45) is 0. The number of rotatable bonds is 7. The van der Waals surface area contributed by atoms with E-state index in [0.717, 1.165) is 31.0 Å². The van der Waals surface area contributed by atoms with Gasteiger partial charge in [0.15, 0.2) is 0 Å². The quantitative estimate of drug-likeness (QED) is 0.851. The Morgan fingerprint density at radius 3 is 2.57 bits per heavy atom. The van der Waals surface area contributed by atoms with E-state index in [1.165, 1.54) is 10.9 Å². The van der Waals surface area contributed by atoms with Crippen LogP contribution in [-0.2, 0) is 13.1 Å². The molecule has 0 bridgehead atoms. The molecule has 1 aromatic heterocycles. The molecular formula is C17H27N3O. The van der Waals surface area contributed by atoms with E-state index in [1.54, 1.807) is 0 Å². The van der Waals surface area contributed by atoms with Crippen LogP contribution in [0.3, 0.4) is 0 Å². The van der Waals surface area contributed by atoms with Crippen LogP contribution in [0.1, 0.15) is 25.2 Å². The minimum Gasteiger partial charge on any atom is -0.459 e. The van der Waals surface area contributed by atoms with E-state index in [0.29, 0.717) is 12.6 Å². The number of likely N-dealkylation sites (N-methyl/N-ethyl adjacent to an activating group) is 2. The molecule has 2 rings (SSSR count). The number of furan rings is 1. The Morgan fingerprint density at radius 2 is 1.95 bits per heavy atom. The second-order valence-corrected chi connectivity index (χ2v) is 5.88. The van der Waals surface area contributed by atoms with Crippen molar-refractivity contribution in [1.82, 2.24) is 9.80 Å². The standard InChI is InChI=1S/C17H27N3O/c1-5-20(13(2)11-19(3)4)12-15-14-8-6-7-9-16(14)21-17(15)10-18/h6-9,13H,5,10-12,18H2,1-4H3. The number of hydrogen-bond acceptors (Lipinski definition) is 4. The molecule has 0 saturated carbocycles. The SMILES string of the molecule is CCN(Cc1c(CN)oc2ccccc12)C(C)CN(C)C. The van der Waals surface area contributed by atoms with Crippen LogP contribution in [0.4, 0.5) is 0 Å². The number of benzene rings is 1. The lowest BCUT2D eigenvalue weighted by Gasteiger charge is -2.30. The third-order valence-corrected chi connectivity index (χ3v) is 3.99. The highest BCUT2D eigenvalue weighted by Crippen LogP contribution is 2.27. The van der Waals surface area contributed by atoms with Gasteiger partial charge in [-0.05, 0) is 33.6 Å². The molecule has 1 heterocycles. The van der Waals surface area contributed by atoms with Crippen molar-refractivity contribution < 1.29 is 4.42 Å². The molecule has 0 spiro atoms. The van der Waals surface area contributed by atoms with Gasteiger partial charge in [-0.1, -0.05) is 25.1 Å². The highest BCUT2D eigenvalue weighted by Gasteiger charge is 2.19. The maximum atomic E-state index is 5.89. The van der Waals surface area contributed by atoms with Gasteiger partial charge in [-0.2, -0.15) is 0 Å². The molecule has 0 fully saturated rings. The van der Waals surface area contributed by atoms with E-state index in [-0.39, 0.29) is 0 Å². The van der Waals surface area contributed by atoms with Crippen molar-refractivity contribution in [3.8, 4) is 0 Å². The molecule has 0 aliphatic carbocycles. The third-order valence-electron chi connectivity index (χ3n) is 3.99. The summed E-state index contributed by atoms with van der Waals surface area (Å²) in [5.41, 5.74) is 8.04. The first-order chi connectivity index (χ1) is 10.1. The lowest BCUT2D eigenvalue weighted by molar-refractivity contribution is 0.174. The first-order valence-electron chi connectivity index (χ1n) is 7.64. The number of hydrogen-bond donors (Lipinski definition) is 1. The molecule has 4 nitrogen and oxygen atoms in total. The maximum Gasteiger partial charge on any atom is 0.134 e. The molecule has 21 heavy (non-hydrogen) atoms. The van der Waals surface area contributed by atoms with Crippen LogP contribution in [0, 0.1) is 0 Å². The molecule has 116 valence electrons. The Kier molecular flexibility index (Phi) is 5.39. The minimum atomic E-state index is 0.448. The Hall–Kier alpha value is -1.36. The Morgan fingerprint density at radius 1 is 1.24 bits per heavy atom. The first-order valence-corrected chi connectivity index (χ1v) is 7.64. The number of para-hydroxylation sites is 1. The fourth-order valence-corrected chi connectivity index (χ4v) is 2.91. The van der Waals surface area contributed by atoms with Crippen molar-refractivity contribution >= 4 is 11.0 Å². The van der Waals surface area contributed by atoms with Crippen molar-refractivity contribution in [2.24, 2.45) is 5.73 Å². The molecule has 0 radical (unpaired) electrons. The van der Waals surface area contributed by atoms with Crippen LogP contribution in [0.25, 0.3) is 11.0 Å². The van der Waals surface area contributed by atoms with Crippen LogP contribution >= 0.6 is 0 Å². The van der Waals surface area contributed by atoms with Gasteiger partial charge in [0.25, 0.3) is 0 Å². The van der Waals surface area contributed by atoms with Crippen LogP contribution in [0.15, 0.2) is 28.7 Å². The zero-order valence-corrected chi connectivity index (χ0v) is 13.6. The zero-order valence-electron chi connectivity index (χ0n) is 13.6. The number of nitrogens with zero attached hydrogens (tertiary/aromatic N) is 2. The lowest BCUT2D eigenvalue weighted by atomic mass is 10.1. The maximum absolute atomic E-state index is 5.89. The molecule has 1 unspecified atom stereocenters. The molecule has 2 aromatic rings. The smallest absolute Gasteiger partial charge is 0.134 e. The van der Waals surface area contributed by atoms with Crippen molar-refractivity contribution in [2.75, 3.05) is 27.2 Å². The van der Waals surface area contributed by atoms with Gasteiger partial charge < -0.3 is 15.1 Å². The molecule has 0 aliphatic rings. The fraction of sp³-hybridized carbons (Fsp3) is 0.529. The molecule has 0 saturated heterocycles. The molecule has 2 N–H and O–H groups in total. The van der Waals surface area contributed by atoms with E-state index in [2.05, 4.69) is 49.9 Å². The summed E-state index contributed by atoms with van der Waals surface area (Å²) < 4.78 is 5.89. The van der Waals surface area contributed by atoms with Gasteiger partial charge in [-0.3, -0.25) is 4.90 Å². The average molecular weight is 289 g/mol. The van der Waals surface area contributed by atoms with E-state index in [9.17, 15) is 0 Å². The van der Waals surface area contributed by atoms with Gasteiger partial charge in [-0.15, -0.1) is 0 Å². The highest BCUT2D eigenvalue weighted by atomic mass is 16.3. The van der Waals surface area contributed by atoms with E-state index in [1.807, 2.05) is 12.1 Å². The second-order valence-electron chi connectivity index (χ2n) is 5.88. The van der Waals surface area contributed by atoms with Crippen molar-refractivity contribution in [3.63, 3.8) is 0 Å². The topological polar surface area (TPSA) is 45.6 Å². The predicted octanol–water partition coefficient (Wildman–Crippen LogP) is 2.66. The van der Waals surface area contributed by atoms with Crippen molar-refractivity contribution in [1.29, 1.82) is 0 Å². The fourth-order valence-electron chi connectivity index (χ4n) is 2.91. The van der Waals surface area contributed by atoms with Crippen LogP contribution in [-0.4, -0.2) is 43.0 Å². The van der Waals surface area contributed by atoms with Gasteiger partial charge in [0, 0.05) is 30.1 Å². The van der Waals surface area contributed by atoms with Gasteiger partial charge in [-0.25, -0.2) is 0 Å². The second kappa shape index (κ2) is 7.07. The molecular weight excluding hydrogens is 262 g/mol. The lowest BCUT2D eigenvalue weighted by Crippen LogP contribution is -2.39. The van der Waals surface area contributed by atoms with Gasteiger partial charge in [0.05, 0.1) is 6.54 Å². The summed E-state index contributed by atoms with van der Waals surface area (Å²) >= 11 is 0. The first kappa shape index (κ1) is 16.0. The van der Waals surface area contributed by atoms with Gasteiger partial charge >= 0.3 is 0 Å². The van der Waals surface area contributed by atoms with E-state index < -0.39 is 0 Å². The Bertz CT molecular complexity index is 576. The predicted molar refractivity (Wildman–Crippen MR) is 88.2 cm³/mol. The summed E-state index contributed by atoms with van der Waals surface area (Å²) in [5, 5.41) is 1.19. The number of nitrogens with two attached hydrogens (primary N) is 1. The normalized spacial score (nSPS) is 13.5. The number of fused-ring (bicyclic) bond motifs is 1. The van der Waals surface area contributed by atoms with Crippen molar-refractivity contribution in [2.45, 2.75) is 33.0 Å². The van der Waals surface area contributed by atoms with Gasteiger partial charge in [0.2, 0.25) is 0 Å². The summed E-state index contributed by atoms with van der Waals surface area (Å²) in [6.45, 7) is 7.86. The highest BCUT2D eigenvalue weighted by molar-refractivity contribution is 5.82. The largest absolute Gasteiger partial charge is 0.459 e. The minimum absolute atomic E-state index is 0.448. The summed E-state index contributed by atoms with van der Waals surface area (Å²) in [6, 6.07) is 8.68. The Balaban J connectivity index is 2.28. The monoisotopic (exact) mass is 289 g/mol. The molecule has 4 heteroatoms. The Labute approximate surface area is 127 Å². The van der Waals surface area contributed by atoms with Crippen LogP contribution in [0.5, 0.6) is 0 Å². The van der Waals surface area contributed by atoms with Crippen LogP contribution in [0.2, 0.25) is 0 Å². The summed E-state index contributed by atoms with van der Waals surface area (Å²) in [5.74, 6) is 0.909. The van der Waals surface area contributed by atoms with Crippen LogP contribution < -0.4 is 5.73 Å². The summed E-state index contributed by atoms with van der Waals surface area (Å²) in [7, 11) is 4.23. The molecule has 0 aliphatic heterocycles. The van der Waals surface area contributed by atoms with Gasteiger partial charge in [0.1, 0.15) is 11.3 Å². The summed E-state index contributed by atoms with van der Waals surface area (Å²) in [4.78, 5) is 4.70. The molecule has 1 aromatic carbocycles.